The molecule has 16 heteroatoms. The Labute approximate surface area is 296 Å². The molecule has 0 aromatic heterocycles. The number of para-hydroxylation sites is 1. The van der Waals surface area contributed by atoms with Gasteiger partial charge in [0.1, 0.15) is 22.4 Å². The summed E-state index contributed by atoms with van der Waals surface area (Å²) in [5.74, 6) is -3.14. The van der Waals surface area contributed by atoms with E-state index in [1.807, 2.05) is 7.05 Å². The summed E-state index contributed by atoms with van der Waals surface area (Å²) in [7, 11) is -2.43. The van der Waals surface area contributed by atoms with E-state index in [2.05, 4.69) is 32.2 Å². The first-order chi connectivity index (χ1) is 24.3. The van der Waals surface area contributed by atoms with Gasteiger partial charge in [-0.25, -0.2) is 22.3 Å². The van der Waals surface area contributed by atoms with Gasteiger partial charge in [0.2, 0.25) is 5.91 Å². The van der Waals surface area contributed by atoms with E-state index in [-0.39, 0.29) is 49.6 Å². The number of nitrogens with one attached hydrogen (secondary N) is 4. The molecule has 0 unspecified atom stereocenters. The Balaban J connectivity index is 1.12. The number of fused-ring (bicyclic) bond motifs is 1. The maximum Gasteiger partial charge on any atom is 0.410 e. The van der Waals surface area contributed by atoms with Crippen LogP contribution in [0.4, 0.5) is 14.9 Å². The lowest BCUT2D eigenvalue weighted by Gasteiger charge is -2.22. The Kier molecular flexibility index (Phi) is 12.0. The smallest absolute Gasteiger partial charge is 0.410 e. The molecule has 0 spiro atoms. The summed E-state index contributed by atoms with van der Waals surface area (Å²) in [5, 5.41) is 17.7. The third-order valence-electron chi connectivity index (χ3n) is 9.53. The minimum Gasteiger partial charge on any atom is -0.481 e. The van der Waals surface area contributed by atoms with Crippen molar-refractivity contribution in [1.82, 2.24) is 25.2 Å². The average molecular weight is 729 g/mol. The van der Waals surface area contributed by atoms with Crippen LogP contribution >= 0.6 is 0 Å². The lowest BCUT2D eigenvalue weighted by atomic mass is 10.1. The van der Waals surface area contributed by atoms with Crippen molar-refractivity contribution in [2.45, 2.75) is 74.2 Å². The van der Waals surface area contributed by atoms with Gasteiger partial charge in [0, 0.05) is 44.0 Å². The monoisotopic (exact) mass is 728 g/mol. The van der Waals surface area contributed by atoms with Gasteiger partial charge < -0.3 is 30.7 Å². The number of unbranched alkanes of at least 4 members (excludes halogenated alkanes) is 1. The van der Waals surface area contributed by atoms with E-state index >= 15 is 0 Å². The standard InChI is InChI=1S/C35H45FN6O8S/c1-3-24-19-35(24,39-32(45)29-18-25(20-38-29)50-34(47)42-21-23-10-8-11-27(36)26(23)22-42)33(46)40-51(48,49)30-13-5-4-12-28(30)37-15-6-7-16-41(2)17-9-14-31(43)44/h3-5,8,10-13,24-25,29,37-38H,1,6-7,9,14-22H2,2H3,(H,39,45)(H,40,46)(H,43,44)/t24-,25-,29+,35-/m1/s1. The molecule has 0 radical (unpaired) electrons. The Hall–Kier alpha value is -4.54. The number of carbonyl (C=O) groups excluding carboxylic acids is 3. The minimum absolute atomic E-state index is 0.0888. The van der Waals surface area contributed by atoms with Crippen molar-refractivity contribution in [2.75, 3.05) is 38.5 Å². The van der Waals surface area contributed by atoms with Crippen molar-refractivity contribution < 1.29 is 41.8 Å². The molecule has 2 fully saturated rings. The van der Waals surface area contributed by atoms with Gasteiger partial charge in [-0.1, -0.05) is 30.3 Å². The van der Waals surface area contributed by atoms with Gasteiger partial charge >= 0.3 is 12.1 Å². The molecule has 51 heavy (non-hydrogen) atoms. The zero-order valence-corrected chi connectivity index (χ0v) is 29.3. The van der Waals surface area contributed by atoms with Gasteiger partial charge in [-0.15, -0.1) is 6.58 Å². The van der Waals surface area contributed by atoms with Crippen molar-refractivity contribution in [3.63, 3.8) is 0 Å². The summed E-state index contributed by atoms with van der Waals surface area (Å²) >= 11 is 0. The first-order valence-corrected chi connectivity index (χ1v) is 18.5. The van der Waals surface area contributed by atoms with E-state index in [9.17, 15) is 32.0 Å². The van der Waals surface area contributed by atoms with E-state index in [4.69, 9.17) is 9.84 Å². The molecule has 0 bridgehead atoms. The number of carboxylic acid groups (broad SMARTS) is 1. The number of amides is 3. The van der Waals surface area contributed by atoms with E-state index in [0.29, 0.717) is 36.3 Å². The van der Waals surface area contributed by atoms with E-state index in [1.54, 1.807) is 30.3 Å². The maximum absolute atomic E-state index is 14.1. The summed E-state index contributed by atoms with van der Waals surface area (Å²) in [6.07, 6.45) is 2.73. The lowest BCUT2D eigenvalue weighted by Crippen LogP contribution is -2.55. The van der Waals surface area contributed by atoms with Crippen LogP contribution in [0.3, 0.4) is 0 Å². The molecular formula is C35H45FN6O8S. The van der Waals surface area contributed by atoms with Crippen molar-refractivity contribution >= 4 is 39.6 Å². The first-order valence-electron chi connectivity index (χ1n) is 17.0. The summed E-state index contributed by atoms with van der Waals surface area (Å²) in [5.41, 5.74) is -0.0403. The van der Waals surface area contributed by atoms with Crippen LogP contribution in [0, 0.1) is 11.7 Å². The summed E-state index contributed by atoms with van der Waals surface area (Å²) in [6.45, 7) is 6.13. The van der Waals surface area contributed by atoms with Gasteiger partial charge in [-0.3, -0.25) is 19.3 Å². The molecule has 5 N–H and O–H groups in total. The number of hydrogen-bond acceptors (Lipinski definition) is 10. The fourth-order valence-corrected chi connectivity index (χ4v) is 7.74. The second kappa shape index (κ2) is 16.2. The minimum atomic E-state index is -4.35. The van der Waals surface area contributed by atoms with Gasteiger partial charge in [-0.05, 0) is 69.6 Å². The van der Waals surface area contributed by atoms with E-state index in [1.165, 1.54) is 23.1 Å². The number of nitrogens with zero attached hydrogens (tertiary/aromatic N) is 2. The molecule has 1 aliphatic carbocycles. The number of benzene rings is 2. The molecule has 5 rings (SSSR count). The number of halogens is 1. The first kappa shape index (κ1) is 37.7. The van der Waals surface area contributed by atoms with Gasteiger partial charge in [0.25, 0.3) is 15.9 Å². The van der Waals surface area contributed by atoms with Crippen molar-refractivity contribution in [3.05, 3.63) is 72.1 Å². The molecule has 3 amide bonds. The fourth-order valence-electron chi connectivity index (χ4n) is 6.52. The van der Waals surface area contributed by atoms with Crippen molar-refractivity contribution in [1.29, 1.82) is 0 Å². The molecular weight excluding hydrogens is 683 g/mol. The lowest BCUT2D eigenvalue weighted by molar-refractivity contribution is -0.137. The predicted octanol–water partition coefficient (Wildman–Crippen LogP) is 2.56. The number of carbonyl (C=O) groups is 4. The van der Waals surface area contributed by atoms with Crippen LogP contribution in [0.2, 0.25) is 0 Å². The molecule has 3 aliphatic rings. The van der Waals surface area contributed by atoms with Crippen LogP contribution < -0.4 is 20.7 Å². The number of ether oxygens (including phenoxy) is 1. The second-order valence-corrected chi connectivity index (χ2v) is 15.0. The van der Waals surface area contributed by atoms with Crippen LogP contribution in [0.15, 0.2) is 60.0 Å². The quantitative estimate of drug-likeness (QED) is 0.119. The van der Waals surface area contributed by atoms with Crippen LogP contribution in [-0.4, -0.2) is 98.1 Å². The molecule has 2 aromatic rings. The van der Waals surface area contributed by atoms with E-state index < -0.39 is 57.5 Å². The fraction of sp³-hybridized carbons (Fsp3) is 0.486. The molecule has 1 saturated carbocycles. The number of aliphatic carboxylic acids is 1. The number of sulfonamides is 1. The zero-order valence-electron chi connectivity index (χ0n) is 28.5. The zero-order chi connectivity index (χ0) is 36.8. The highest BCUT2D eigenvalue weighted by molar-refractivity contribution is 7.90. The van der Waals surface area contributed by atoms with Crippen LogP contribution in [-0.2, 0) is 42.2 Å². The van der Waals surface area contributed by atoms with Gasteiger partial charge in [-0.2, -0.15) is 0 Å². The Bertz CT molecular complexity index is 1760. The topological polar surface area (TPSA) is 186 Å². The Morgan fingerprint density at radius 3 is 2.61 bits per heavy atom. The van der Waals surface area contributed by atoms with E-state index in [0.717, 1.165) is 19.4 Å². The number of carboxylic acids is 1. The van der Waals surface area contributed by atoms with Crippen molar-refractivity contribution in [2.24, 2.45) is 5.92 Å². The molecule has 14 nitrogen and oxygen atoms in total. The maximum atomic E-state index is 14.1. The largest absolute Gasteiger partial charge is 0.481 e. The molecule has 1 saturated heterocycles. The molecule has 2 heterocycles. The second-order valence-electron chi connectivity index (χ2n) is 13.3. The molecule has 2 aromatic carbocycles. The Morgan fingerprint density at radius 2 is 1.88 bits per heavy atom. The normalized spacial score (nSPS) is 22.3. The number of rotatable bonds is 17. The summed E-state index contributed by atoms with van der Waals surface area (Å²) < 4.78 is 48.9. The van der Waals surface area contributed by atoms with Crippen LogP contribution in [0.25, 0.3) is 0 Å². The average Bonchev–Trinajstić information content (AvgIpc) is 3.37. The summed E-state index contributed by atoms with van der Waals surface area (Å²) in [6, 6.07) is 10.1. The van der Waals surface area contributed by atoms with Gasteiger partial charge in [0.15, 0.2) is 0 Å². The third-order valence-corrected chi connectivity index (χ3v) is 10.9. The molecule has 4 atom stereocenters. The van der Waals surface area contributed by atoms with Crippen molar-refractivity contribution in [3.8, 4) is 0 Å². The Morgan fingerprint density at radius 1 is 1.12 bits per heavy atom. The highest BCUT2D eigenvalue weighted by Gasteiger charge is 2.61. The highest BCUT2D eigenvalue weighted by atomic mass is 32.2. The van der Waals surface area contributed by atoms with Crippen LogP contribution in [0.1, 0.15) is 49.7 Å². The third kappa shape index (κ3) is 9.23. The number of hydrogen-bond donors (Lipinski definition) is 5. The molecule has 2 aliphatic heterocycles. The van der Waals surface area contributed by atoms with Gasteiger partial charge in [0.05, 0.1) is 18.3 Å². The highest BCUT2D eigenvalue weighted by Crippen LogP contribution is 2.45. The summed E-state index contributed by atoms with van der Waals surface area (Å²) in [4.78, 5) is 53.8. The van der Waals surface area contributed by atoms with Crippen LogP contribution in [0.5, 0.6) is 0 Å². The predicted molar refractivity (Wildman–Crippen MR) is 185 cm³/mol. The number of anilines is 1. The SMILES string of the molecule is C=C[C@@H]1C[C@]1(NC(=O)[C@@H]1C[C@@H](OC(=O)N2Cc3cccc(F)c3C2)CN1)C(=O)NS(=O)(=O)c1ccccc1NCCCCN(C)CCCC(=O)O. The molecule has 276 valence electrons.